The van der Waals surface area contributed by atoms with Crippen LogP contribution < -0.4 is 0 Å². The van der Waals surface area contributed by atoms with E-state index in [0.29, 0.717) is 23.1 Å². The molecule has 0 saturated carbocycles. The molecule has 1 aromatic heterocycles. The van der Waals surface area contributed by atoms with Crippen molar-refractivity contribution in [2.24, 2.45) is 0 Å². The van der Waals surface area contributed by atoms with Crippen LogP contribution in [0.4, 0.5) is 4.39 Å². The Morgan fingerprint density at radius 1 is 1.12 bits per heavy atom. The number of Topliss-reactive ketones (excluding diaryl/α,β-unsaturated/α-hetero) is 1. The van der Waals surface area contributed by atoms with Crippen LogP contribution in [-0.2, 0) is 6.54 Å². The zero-order valence-corrected chi connectivity index (χ0v) is 14.3. The molecule has 0 unspecified atom stereocenters. The molecule has 0 amide bonds. The predicted molar refractivity (Wildman–Crippen MR) is 93.1 cm³/mol. The Bertz CT molecular complexity index is 876. The first-order chi connectivity index (χ1) is 12.1. The maximum atomic E-state index is 13.1. The van der Waals surface area contributed by atoms with E-state index in [-0.39, 0.29) is 11.6 Å². The van der Waals surface area contributed by atoms with Gasteiger partial charge in [-0.1, -0.05) is 12.1 Å². The van der Waals surface area contributed by atoms with Gasteiger partial charge >= 0.3 is 0 Å². The number of carbonyl (C=O) groups is 1. The summed E-state index contributed by atoms with van der Waals surface area (Å²) in [6.45, 7) is 2.16. The molecule has 2 aromatic carbocycles. The zero-order valence-electron chi connectivity index (χ0n) is 13.5. The third kappa shape index (κ3) is 3.78. The van der Waals surface area contributed by atoms with Crippen molar-refractivity contribution in [1.29, 1.82) is 0 Å². The first-order valence-electron chi connectivity index (χ1n) is 7.73. The molecule has 0 aliphatic rings. The van der Waals surface area contributed by atoms with Crippen molar-refractivity contribution in [2.45, 2.75) is 23.5 Å². The van der Waals surface area contributed by atoms with Gasteiger partial charge in [0.1, 0.15) is 12.4 Å². The van der Waals surface area contributed by atoms with Crippen molar-refractivity contribution >= 4 is 17.5 Å². The van der Waals surface area contributed by atoms with Crippen LogP contribution in [0.25, 0.3) is 11.4 Å². The van der Waals surface area contributed by atoms with Crippen LogP contribution in [0, 0.1) is 5.82 Å². The highest BCUT2D eigenvalue weighted by atomic mass is 32.2. The van der Waals surface area contributed by atoms with Crippen LogP contribution in [0.5, 0.6) is 0 Å². The highest BCUT2D eigenvalue weighted by Gasteiger charge is 2.14. The van der Waals surface area contributed by atoms with E-state index in [2.05, 4.69) is 10.2 Å². The Kier molecular flexibility index (Phi) is 5.25. The lowest BCUT2D eigenvalue weighted by Gasteiger charge is -2.07. The fourth-order valence-corrected chi connectivity index (χ4v) is 3.26. The molecule has 1 heterocycles. The quantitative estimate of drug-likeness (QED) is 0.685. The van der Waals surface area contributed by atoms with E-state index in [1.54, 1.807) is 36.4 Å². The monoisotopic (exact) mass is 357 g/mol. The molecule has 25 heavy (non-hydrogen) atoms. The average molecular weight is 357 g/mol. The summed E-state index contributed by atoms with van der Waals surface area (Å²) in [6, 6.07) is 13.1. The molecule has 5 nitrogen and oxygen atoms in total. The summed E-state index contributed by atoms with van der Waals surface area (Å²) in [5.74, 6) is 0.0716. The zero-order chi connectivity index (χ0) is 17.8. The van der Waals surface area contributed by atoms with Gasteiger partial charge in [0.2, 0.25) is 0 Å². The minimum absolute atomic E-state index is 0.293. The number of ketones is 1. The second-order valence-electron chi connectivity index (χ2n) is 5.27. The summed E-state index contributed by atoms with van der Waals surface area (Å²) in [4.78, 5) is 12.4. The van der Waals surface area contributed by atoms with E-state index in [9.17, 15) is 9.18 Å². The number of hydrogen-bond donors (Lipinski definition) is 1. The Hall–Kier alpha value is -2.51. The molecular weight excluding hydrogens is 341 g/mol. The van der Waals surface area contributed by atoms with Gasteiger partial charge in [0.05, 0.1) is 0 Å². The second kappa shape index (κ2) is 7.58. The fourth-order valence-electron chi connectivity index (χ4n) is 2.37. The number of aromatic nitrogens is 3. The summed E-state index contributed by atoms with van der Waals surface area (Å²) < 4.78 is 15.1. The number of halogens is 1. The standard InChI is InChI=1S/C18H16FN3O2S/c1-2-22-17(13-3-7-14(19)8-4-13)20-21-18(22)25-15-9-5-12(6-10-15)16(24)11-23/h3-10,23H,2,11H2,1H3. The summed E-state index contributed by atoms with van der Waals surface area (Å²) in [5.41, 5.74) is 1.27. The van der Waals surface area contributed by atoms with Crippen LogP contribution in [0.2, 0.25) is 0 Å². The Labute approximate surface area is 148 Å². The van der Waals surface area contributed by atoms with Gasteiger partial charge in [-0.05, 0) is 55.1 Å². The van der Waals surface area contributed by atoms with Crippen LogP contribution in [0.1, 0.15) is 17.3 Å². The van der Waals surface area contributed by atoms with Crippen LogP contribution in [-0.4, -0.2) is 32.3 Å². The second-order valence-corrected chi connectivity index (χ2v) is 6.31. The highest BCUT2D eigenvalue weighted by molar-refractivity contribution is 7.99. The van der Waals surface area contributed by atoms with Crippen molar-refractivity contribution in [3.63, 3.8) is 0 Å². The van der Waals surface area contributed by atoms with Gasteiger partial charge in [-0.3, -0.25) is 4.79 Å². The van der Waals surface area contributed by atoms with Gasteiger partial charge in [-0.2, -0.15) is 0 Å². The Balaban J connectivity index is 1.86. The molecule has 0 saturated heterocycles. The fraction of sp³-hybridized carbons (Fsp3) is 0.167. The lowest BCUT2D eigenvalue weighted by atomic mass is 10.1. The highest BCUT2D eigenvalue weighted by Crippen LogP contribution is 2.29. The van der Waals surface area contributed by atoms with E-state index in [0.717, 1.165) is 10.5 Å². The van der Waals surface area contributed by atoms with Crippen molar-refractivity contribution < 1.29 is 14.3 Å². The lowest BCUT2D eigenvalue weighted by Crippen LogP contribution is -2.03. The van der Waals surface area contributed by atoms with Crippen LogP contribution in [0.15, 0.2) is 58.6 Å². The van der Waals surface area contributed by atoms with Crippen LogP contribution >= 0.6 is 11.8 Å². The van der Waals surface area contributed by atoms with E-state index in [4.69, 9.17) is 5.11 Å². The van der Waals surface area contributed by atoms with Crippen molar-refractivity contribution in [1.82, 2.24) is 14.8 Å². The summed E-state index contributed by atoms with van der Waals surface area (Å²) in [6.07, 6.45) is 0. The van der Waals surface area contributed by atoms with Gasteiger partial charge in [-0.25, -0.2) is 4.39 Å². The Morgan fingerprint density at radius 3 is 2.40 bits per heavy atom. The average Bonchev–Trinajstić information content (AvgIpc) is 3.05. The predicted octanol–water partition coefficient (Wildman–Crippen LogP) is 3.43. The van der Waals surface area contributed by atoms with Gasteiger partial charge in [-0.15, -0.1) is 10.2 Å². The summed E-state index contributed by atoms with van der Waals surface area (Å²) in [5, 5.41) is 18.1. The van der Waals surface area contributed by atoms with Gasteiger partial charge in [0, 0.05) is 22.6 Å². The molecule has 128 valence electrons. The van der Waals surface area contributed by atoms with Crippen LogP contribution in [0.3, 0.4) is 0 Å². The van der Waals surface area contributed by atoms with E-state index >= 15 is 0 Å². The molecule has 7 heteroatoms. The number of rotatable bonds is 6. The maximum Gasteiger partial charge on any atom is 0.196 e. The molecular formula is C18H16FN3O2S. The Morgan fingerprint density at radius 2 is 1.80 bits per heavy atom. The molecule has 1 N–H and O–H groups in total. The maximum absolute atomic E-state index is 13.1. The normalized spacial score (nSPS) is 10.8. The van der Waals surface area contributed by atoms with E-state index < -0.39 is 6.61 Å². The van der Waals surface area contributed by atoms with Gasteiger partial charge in [0.15, 0.2) is 16.8 Å². The summed E-state index contributed by atoms with van der Waals surface area (Å²) >= 11 is 1.43. The third-order valence-corrected chi connectivity index (χ3v) is 4.66. The smallest absolute Gasteiger partial charge is 0.196 e. The van der Waals surface area contributed by atoms with Crippen molar-refractivity contribution in [2.75, 3.05) is 6.61 Å². The molecule has 3 rings (SSSR count). The van der Waals surface area contributed by atoms with E-state index in [1.165, 1.54) is 23.9 Å². The largest absolute Gasteiger partial charge is 0.388 e. The molecule has 0 radical (unpaired) electrons. The van der Waals surface area contributed by atoms with Gasteiger partial charge in [0.25, 0.3) is 0 Å². The first-order valence-corrected chi connectivity index (χ1v) is 8.55. The molecule has 0 spiro atoms. The van der Waals surface area contributed by atoms with Crippen molar-refractivity contribution in [3.05, 3.63) is 59.9 Å². The lowest BCUT2D eigenvalue weighted by molar-refractivity contribution is 0.0903. The molecule has 0 fully saturated rings. The third-order valence-electron chi connectivity index (χ3n) is 3.66. The SMILES string of the molecule is CCn1c(Sc2ccc(C(=O)CO)cc2)nnc1-c1ccc(F)cc1. The number of hydrogen-bond acceptors (Lipinski definition) is 5. The molecule has 0 atom stereocenters. The van der Waals surface area contributed by atoms with Gasteiger partial charge < -0.3 is 9.67 Å². The summed E-state index contributed by atoms with van der Waals surface area (Å²) in [7, 11) is 0. The number of aliphatic hydroxyl groups is 1. The molecule has 0 aliphatic heterocycles. The topological polar surface area (TPSA) is 68.0 Å². The number of aliphatic hydroxyl groups excluding tert-OH is 1. The molecule has 0 aliphatic carbocycles. The number of nitrogens with zero attached hydrogens (tertiary/aromatic N) is 3. The van der Waals surface area contributed by atoms with E-state index in [1.807, 2.05) is 11.5 Å². The van der Waals surface area contributed by atoms with Crippen molar-refractivity contribution in [3.8, 4) is 11.4 Å². The first kappa shape index (κ1) is 17.3. The number of carbonyl (C=O) groups excluding carboxylic acids is 1. The molecule has 3 aromatic rings. The minimum Gasteiger partial charge on any atom is -0.388 e. The number of benzene rings is 2. The minimum atomic E-state index is -0.502. The molecule has 0 bridgehead atoms.